The predicted molar refractivity (Wildman–Crippen MR) is 210 cm³/mol. The van der Waals surface area contributed by atoms with Crippen molar-refractivity contribution in [3.05, 3.63) is 138 Å². The summed E-state index contributed by atoms with van der Waals surface area (Å²) in [5.74, 6) is -1.32. The van der Waals surface area contributed by atoms with E-state index in [1.165, 1.54) is 7.11 Å². The molecule has 0 aliphatic heterocycles. The number of methoxy groups -OCH3 is 1. The van der Waals surface area contributed by atoms with Gasteiger partial charge in [0.1, 0.15) is 11.8 Å². The maximum atomic E-state index is 13.0. The van der Waals surface area contributed by atoms with Crippen molar-refractivity contribution in [2.45, 2.75) is 83.8 Å². The first-order chi connectivity index (χ1) is 25.1. The second-order valence-corrected chi connectivity index (χ2v) is 12.7. The monoisotopic (exact) mass is 728 g/mol. The standard InChI is InChI=1S/C43H53ClN2O6/c1-5-6-7-8-9-10-11-12-13-14-15-16-17-18-19-20-21-22-23-24-39(47)46-38(41(49)51-4)33-45-42(50)43(2,3)52-37-31-27-35(28-32-37)40(48)34-25-29-36(44)30-26-34/h6-7,9-10,12-13,15-16,18-19,21-22,25-32,38H,5,8,11,14,17,20,23-24,33H2,1-4H3,(H,45,50)(H,46,47). The van der Waals surface area contributed by atoms with Gasteiger partial charge in [-0.1, -0.05) is 91.4 Å². The zero-order valence-electron chi connectivity index (χ0n) is 30.8. The van der Waals surface area contributed by atoms with Gasteiger partial charge in [-0.25, -0.2) is 4.79 Å². The van der Waals surface area contributed by atoms with Crippen LogP contribution >= 0.6 is 11.6 Å². The van der Waals surface area contributed by atoms with Gasteiger partial charge in [0.2, 0.25) is 5.91 Å². The molecule has 52 heavy (non-hydrogen) atoms. The van der Waals surface area contributed by atoms with Gasteiger partial charge in [0.15, 0.2) is 11.4 Å². The minimum Gasteiger partial charge on any atom is -0.478 e. The molecule has 8 nitrogen and oxygen atoms in total. The maximum Gasteiger partial charge on any atom is 0.330 e. The molecule has 0 aliphatic rings. The molecule has 9 heteroatoms. The predicted octanol–water partition coefficient (Wildman–Crippen LogP) is 8.98. The highest BCUT2D eigenvalue weighted by Crippen LogP contribution is 2.21. The fraction of sp³-hybridized carbons (Fsp3) is 0.349. The summed E-state index contributed by atoms with van der Waals surface area (Å²) < 4.78 is 10.7. The number of nitrogens with one attached hydrogen (secondary N) is 2. The molecule has 0 heterocycles. The first kappa shape index (κ1) is 43.2. The fourth-order valence-corrected chi connectivity index (χ4v) is 4.77. The third-order valence-corrected chi connectivity index (χ3v) is 7.82. The molecule has 0 aromatic heterocycles. The zero-order chi connectivity index (χ0) is 38.0. The van der Waals surface area contributed by atoms with Gasteiger partial charge < -0.3 is 20.1 Å². The molecule has 0 spiro atoms. The van der Waals surface area contributed by atoms with Crippen LogP contribution < -0.4 is 15.4 Å². The number of halogens is 1. The molecule has 0 saturated carbocycles. The minimum atomic E-state index is -1.33. The maximum absolute atomic E-state index is 13.0. The molecule has 0 radical (unpaired) electrons. The molecule has 0 fully saturated rings. The topological polar surface area (TPSA) is 111 Å². The smallest absolute Gasteiger partial charge is 0.330 e. The summed E-state index contributed by atoms with van der Waals surface area (Å²) in [7, 11) is 1.22. The number of benzene rings is 2. The van der Waals surface area contributed by atoms with E-state index in [1.807, 2.05) is 12.2 Å². The summed E-state index contributed by atoms with van der Waals surface area (Å²) in [4.78, 5) is 50.7. The van der Waals surface area contributed by atoms with Crippen LogP contribution in [0.2, 0.25) is 5.02 Å². The Kier molecular flexibility index (Phi) is 20.8. The number of esters is 1. The molecule has 2 aromatic rings. The van der Waals surface area contributed by atoms with Gasteiger partial charge in [-0.2, -0.15) is 0 Å². The summed E-state index contributed by atoms with van der Waals surface area (Å²) in [6.45, 7) is 5.11. The molecule has 0 bridgehead atoms. The van der Waals surface area contributed by atoms with E-state index in [9.17, 15) is 19.2 Å². The van der Waals surface area contributed by atoms with E-state index in [0.29, 0.717) is 28.3 Å². The Morgan fingerprint density at radius 3 is 1.65 bits per heavy atom. The van der Waals surface area contributed by atoms with E-state index in [1.54, 1.807) is 62.4 Å². The first-order valence-corrected chi connectivity index (χ1v) is 18.1. The fourth-order valence-electron chi connectivity index (χ4n) is 4.65. The Morgan fingerprint density at radius 2 is 1.17 bits per heavy atom. The Morgan fingerprint density at radius 1 is 0.712 bits per heavy atom. The van der Waals surface area contributed by atoms with E-state index >= 15 is 0 Å². The van der Waals surface area contributed by atoms with Crippen molar-refractivity contribution in [3.8, 4) is 5.75 Å². The Balaban J connectivity index is 1.70. The third kappa shape index (κ3) is 17.8. The molecule has 2 amide bonds. The summed E-state index contributed by atoms with van der Waals surface area (Å²) in [6.07, 6.45) is 31.7. The van der Waals surface area contributed by atoms with E-state index in [2.05, 4.69) is 78.3 Å². The quantitative estimate of drug-likeness (QED) is 0.0672. The van der Waals surface area contributed by atoms with Crippen molar-refractivity contribution in [2.75, 3.05) is 13.7 Å². The number of ketones is 1. The van der Waals surface area contributed by atoms with Crippen LogP contribution in [0.4, 0.5) is 0 Å². The van der Waals surface area contributed by atoms with Crippen LogP contribution in [0.1, 0.15) is 88.1 Å². The molecule has 1 unspecified atom stereocenters. The summed E-state index contributed by atoms with van der Waals surface area (Å²) >= 11 is 5.91. The average Bonchev–Trinajstić information content (AvgIpc) is 3.14. The molecular weight excluding hydrogens is 676 g/mol. The van der Waals surface area contributed by atoms with Crippen LogP contribution in [0.25, 0.3) is 0 Å². The number of carbonyl (C=O) groups is 4. The molecule has 2 N–H and O–H groups in total. The van der Waals surface area contributed by atoms with Gasteiger partial charge in [-0.15, -0.1) is 0 Å². The lowest BCUT2D eigenvalue weighted by molar-refractivity contribution is -0.145. The molecule has 1 atom stereocenters. The SMILES string of the molecule is CCC=CCC=CCC=CCC=CCC=CCC=CCCC(=O)NC(CNC(=O)C(C)(C)Oc1ccc(C(=O)c2ccc(Cl)cc2)cc1)C(=O)OC. The summed E-state index contributed by atoms with van der Waals surface area (Å²) in [5.41, 5.74) is -0.379. The highest BCUT2D eigenvalue weighted by Gasteiger charge is 2.32. The van der Waals surface area contributed by atoms with Gasteiger partial charge in [-0.3, -0.25) is 14.4 Å². The number of allylic oxidation sites excluding steroid dienone is 12. The number of hydrogen-bond donors (Lipinski definition) is 2. The normalized spacial score (nSPS) is 12.8. The molecule has 2 rings (SSSR count). The van der Waals surface area contributed by atoms with E-state index < -0.39 is 23.5 Å². The number of amides is 2. The van der Waals surface area contributed by atoms with Gasteiger partial charge in [0, 0.05) is 29.1 Å². The lowest BCUT2D eigenvalue weighted by Gasteiger charge is -2.26. The zero-order valence-corrected chi connectivity index (χ0v) is 31.6. The van der Waals surface area contributed by atoms with Crippen LogP contribution in [0, 0.1) is 0 Å². The highest BCUT2D eigenvalue weighted by molar-refractivity contribution is 6.30. The van der Waals surface area contributed by atoms with Crippen molar-refractivity contribution < 1.29 is 28.7 Å². The Bertz CT molecular complexity index is 1580. The number of ether oxygens (including phenoxy) is 2. The third-order valence-electron chi connectivity index (χ3n) is 7.57. The number of rotatable bonds is 23. The molecular formula is C43H53ClN2O6. The van der Waals surface area contributed by atoms with Crippen molar-refractivity contribution in [3.63, 3.8) is 0 Å². The van der Waals surface area contributed by atoms with Crippen LogP contribution in [-0.4, -0.2) is 48.9 Å². The van der Waals surface area contributed by atoms with Crippen molar-refractivity contribution >= 4 is 35.2 Å². The van der Waals surface area contributed by atoms with Gasteiger partial charge >= 0.3 is 5.97 Å². The summed E-state index contributed by atoms with van der Waals surface area (Å²) in [5, 5.41) is 5.85. The van der Waals surface area contributed by atoms with E-state index in [-0.39, 0.29) is 24.7 Å². The minimum absolute atomic E-state index is 0.173. The van der Waals surface area contributed by atoms with Crippen LogP contribution in [0.3, 0.4) is 0 Å². The van der Waals surface area contributed by atoms with Crippen LogP contribution in [-0.2, 0) is 19.1 Å². The number of hydrogen-bond acceptors (Lipinski definition) is 6. The molecule has 278 valence electrons. The second-order valence-electron chi connectivity index (χ2n) is 12.3. The van der Waals surface area contributed by atoms with E-state index in [4.69, 9.17) is 21.1 Å². The molecule has 2 aromatic carbocycles. The number of carbonyl (C=O) groups excluding carboxylic acids is 4. The lowest BCUT2D eigenvalue weighted by Crippen LogP contribution is -2.53. The lowest BCUT2D eigenvalue weighted by atomic mass is 10.0. The Hall–Kier alpha value is -4.95. The van der Waals surface area contributed by atoms with Crippen LogP contribution in [0.15, 0.2) is 121 Å². The highest BCUT2D eigenvalue weighted by atomic mass is 35.5. The van der Waals surface area contributed by atoms with Crippen molar-refractivity contribution in [1.29, 1.82) is 0 Å². The van der Waals surface area contributed by atoms with E-state index in [0.717, 1.165) is 38.5 Å². The van der Waals surface area contributed by atoms with Crippen molar-refractivity contribution in [2.24, 2.45) is 0 Å². The van der Waals surface area contributed by atoms with Gasteiger partial charge in [-0.05, 0) is 107 Å². The Labute approximate surface area is 314 Å². The summed E-state index contributed by atoms with van der Waals surface area (Å²) in [6, 6.07) is 12.0. The first-order valence-electron chi connectivity index (χ1n) is 17.7. The van der Waals surface area contributed by atoms with Gasteiger partial charge in [0.25, 0.3) is 5.91 Å². The average molecular weight is 729 g/mol. The van der Waals surface area contributed by atoms with Crippen molar-refractivity contribution in [1.82, 2.24) is 10.6 Å². The molecule has 0 saturated heterocycles. The van der Waals surface area contributed by atoms with Gasteiger partial charge in [0.05, 0.1) is 7.11 Å². The van der Waals surface area contributed by atoms with Crippen LogP contribution in [0.5, 0.6) is 5.75 Å². The molecule has 0 aliphatic carbocycles. The second kappa shape index (κ2) is 25.1. The largest absolute Gasteiger partial charge is 0.478 e.